The molecule has 1 aliphatic rings. The van der Waals surface area contributed by atoms with Crippen LogP contribution in [0.25, 0.3) is 0 Å². The number of nitrogens with zero attached hydrogens (tertiary/aromatic N) is 1. The zero-order valence-corrected chi connectivity index (χ0v) is 10.8. The van der Waals surface area contributed by atoms with E-state index in [2.05, 4.69) is 15.9 Å². The Kier molecular flexibility index (Phi) is 3.52. The van der Waals surface area contributed by atoms with Gasteiger partial charge in [0.05, 0.1) is 5.56 Å². The fourth-order valence-corrected chi connectivity index (χ4v) is 2.27. The summed E-state index contributed by atoms with van der Waals surface area (Å²) in [5.74, 6) is 0.181. The summed E-state index contributed by atoms with van der Waals surface area (Å²) in [6.45, 7) is 1.38. The molecule has 1 saturated heterocycles. The largest absolute Gasteiger partial charge is 0.396 e. The Labute approximate surface area is 107 Å². The molecule has 0 saturated carbocycles. The maximum absolute atomic E-state index is 12.0. The molecule has 1 heterocycles. The molecule has 86 valence electrons. The number of rotatable bonds is 2. The maximum Gasteiger partial charge on any atom is 0.255 e. The van der Waals surface area contributed by atoms with E-state index in [1.807, 2.05) is 0 Å². The van der Waals surface area contributed by atoms with E-state index in [1.165, 1.54) is 0 Å². The van der Waals surface area contributed by atoms with Gasteiger partial charge in [0.2, 0.25) is 0 Å². The smallest absolute Gasteiger partial charge is 0.255 e. The molecule has 0 aromatic heterocycles. The summed E-state index contributed by atoms with van der Waals surface area (Å²) in [6, 6.07) is 5.15. The molecule has 0 atom stereocenters. The molecule has 1 fully saturated rings. The average molecular weight is 305 g/mol. The van der Waals surface area contributed by atoms with Crippen LogP contribution in [0.5, 0.6) is 0 Å². The normalized spacial score (nSPS) is 16.1. The molecular weight excluding hydrogens is 293 g/mol. The third-order valence-electron chi connectivity index (χ3n) is 2.66. The summed E-state index contributed by atoms with van der Waals surface area (Å²) in [4.78, 5) is 13.7. The van der Waals surface area contributed by atoms with Gasteiger partial charge in [0.25, 0.3) is 5.91 Å². The summed E-state index contributed by atoms with van der Waals surface area (Å²) in [5, 5.41) is 9.43. The monoisotopic (exact) mass is 303 g/mol. The number of aliphatic hydroxyl groups is 1. The highest BCUT2D eigenvalue weighted by Gasteiger charge is 2.31. The fraction of sp³-hybridized carbons (Fsp3) is 0.364. The first kappa shape index (κ1) is 11.9. The number of halogens is 2. The van der Waals surface area contributed by atoms with Gasteiger partial charge >= 0.3 is 0 Å². The van der Waals surface area contributed by atoms with Gasteiger partial charge in [0.15, 0.2) is 0 Å². The predicted octanol–water partition coefficient (Wildman–Crippen LogP) is 2.17. The van der Waals surface area contributed by atoms with Crippen molar-refractivity contribution in [2.45, 2.75) is 0 Å². The van der Waals surface area contributed by atoms with E-state index in [9.17, 15) is 4.79 Å². The number of benzene rings is 1. The molecule has 0 spiro atoms. The van der Waals surface area contributed by atoms with Crippen molar-refractivity contribution >= 4 is 33.4 Å². The van der Waals surface area contributed by atoms with Crippen LogP contribution < -0.4 is 0 Å². The van der Waals surface area contributed by atoms with Crippen molar-refractivity contribution < 1.29 is 9.90 Å². The van der Waals surface area contributed by atoms with Gasteiger partial charge < -0.3 is 10.0 Å². The van der Waals surface area contributed by atoms with Crippen LogP contribution >= 0.6 is 27.5 Å². The number of hydrogen-bond donors (Lipinski definition) is 1. The van der Waals surface area contributed by atoms with Crippen LogP contribution in [0.2, 0.25) is 5.02 Å². The zero-order valence-electron chi connectivity index (χ0n) is 8.49. The molecule has 3 nitrogen and oxygen atoms in total. The highest BCUT2D eigenvalue weighted by molar-refractivity contribution is 9.10. The lowest BCUT2D eigenvalue weighted by atomic mass is 10.00. The quantitative estimate of drug-likeness (QED) is 0.909. The van der Waals surface area contributed by atoms with Crippen molar-refractivity contribution in [1.82, 2.24) is 4.90 Å². The summed E-state index contributed by atoms with van der Waals surface area (Å²) < 4.78 is 0.745. The molecule has 5 heteroatoms. The van der Waals surface area contributed by atoms with Crippen molar-refractivity contribution in [3.05, 3.63) is 33.3 Å². The summed E-state index contributed by atoms with van der Waals surface area (Å²) >= 11 is 9.18. The highest BCUT2D eigenvalue weighted by Crippen LogP contribution is 2.25. The second kappa shape index (κ2) is 4.73. The van der Waals surface area contributed by atoms with E-state index < -0.39 is 0 Å². The van der Waals surface area contributed by atoms with E-state index in [4.69, 9.17) is 16.7 Å². The van der Waals surface area contributed by atoms with Crippen molar-refractivity contribution in [1.29, 1.82) is 0 Å². The Morgan fingerprint density at radius 2 is 2.25 bits per heavy atom. The minimum atomic E-state index is -0.0425. The number of likely N-dealkylation sites (tertiary alicyclic amines) is 1. The van der Waals surface area contributed by atoms with Crippen LogP contribution in [0.4, 0.5) is 0 Å². The van der Waals surface area contributed by atoms with Crippen molar-refractivity contribution in [3.63, 3.8) is 0 Å². The fourth-order valence-electron chi connectivity index (χ4n) is 1.68. The molecule has 0 radical (unpaired) electrons. The molecule has 16 heavy (non-hydrogen) atoms. The molecule has 2 rings (SSSR count). The predicted molar refractivity (Wildman–Crippen MR) is 65.6 cm³/mol. The molecule has 0 aliphatic carbocycles. The molecule has 1 aromatic carbocycles. The van der Waals surface area contributed by atoms with E-state index >= 15 is 0 Å². The molecule has 0 unspecified atom stereocenters. The van der Waals surface area contributed by atoms with Crippen LogP contribution in [-0.2, 0) is 0 Å². The van der Waals surface area contributed by atoms with Crippen molar-refractivity contribution in [3.8, 4) is 0 Å². The lowest BCUT2D eigenvalue weighted by Crippen LogP contribution is -2.51. The van der Waals surface area contributed by atoms with Gasteiger partial charge in [-0.25, -0.2) is 0 Å². The Hall–Kier alpha value is -0.580. The van der Waals surface area contributed by atoms with Crippen LogP contribution in [0, 0.1) is 5.92 Å². The van der Waals surface area contributed by atoms with Gasteiger partial charge in [0, 0.05) is 35.1 Å². The molecular formula is C11H11BrClNO2. The summed E-state index contributed by atoms with van der Waals surface area (Å²) in [6.07, 6.45) is 0. The lowest BCUT2D eigenvalue weighted by Gasteiger charge is -2.38. The maximum atomic E-state index is 12.0. The van der Waals surface area contributed by atoms with Crippen LogP contribution in [0.1, 0.15) is 10.4 Å². The molecule has 1 aromatic rings. The standard InChI is InChI=1S/C11H11BrClNO2/c12-10-2-1-8(13)3-9(10)11(16)14-4-7(5-14)6-15/h1-3,7,15H,4-6H2. The number of amides is 1. The van der Waals surface area contributed by atoms with Gasteiger partial charge in [-0.15, -0.1) is 0 Å². The number of carbonyl (C=O) groups is 1. The molecule has 1 aliphatic heterocycles. The molecule has 0 bridgehead atoms. The van der Waals surface area contributed by atoms with Gasteiger partial charge in [-0.3, -0.25) is 4.79 Å². The Balaban J connectivity index is 2.13. The first-order valence-corrected chi connectivity index (χ1v) is 6.14. The van der Waals surface area contributed by atoms with E-state index in [1.54, 1.807) is 23.1 Å². The Bertz CT molecular complexity index is 418. The average Bonchev–Trinajstić information content (AvgIpc) is 2.20. The van der Waals surface area contributed by atoms with Gasteiger partial charge in [0.1, 0.15) is 0 Å². The SMILES string of the molecule is O=C(c1cc(Cl)ccc1Br)N1CC(CO)C1. The number of carbonyl (C=O) groups excluding carboxylic acids is 1. The lowest BCUT2D eigenvalue weighted by molar-refractivity contribution is 0.0361. The number of aliphatic hydroxyl groups excluding tert-OH is 1. The van der Waals surface area contributed by atoms with Gasteiger partial charge in [-0.05, 0) is 34.1 Å². The highest BCUT2D eigenvalue weighted by atomic mass is 79.9. The minimum Gasteiger partial charge on any atom is -0.396 e. The summed E-state index contributed by atoms with van der Waals surface area (Å²) in [5.41, 5.74) is 0.573. The first-order valence-electron chi connectivity index (χ1n) is 4.97. The van der Waals surface area contributed by atoms with E-state index in [0.29, 0.717) is 23.7 Å². The molecule has 1 amide bonds. The van der Waals surface area contributed by atoms with Gasteiger partial charge in [-0.1, -0.05) is 11.6 Å². The minimum absolute atomic E-state index is 0.0425. The van der Waals surface area contributed by atoms with Crippen molar-refractivity contribution in [2.24, 2.45) is 5.92 Å². The van der Waals surface area contributed by atoms with E-state index in [0.717, 1.165) is 4.47 Å². The third kappa shape index (κ3) is 2.24. The third-order valence-corrected chi connectivity index (χ3v) is 3.59. The van der Waals surface area contributed by atoms with Crippen LogP contribution in [0.15, 0.2) is 22.7 Å². The Morgan fingerprint density at radius 3 is 2.88 bits per heavy atom. The van der Waals surface area contributed by atoms with Gasteiger partial charge in [-0.2, -0.15) is 0 Å². The first-order chi connectivity index (χ1) is 7.61. The molecule has 1 N–H and O–H groups in total. The topological polar surface area (TPSA) is 40.5 Å². The van der Waals surface area contributed by atoms with Crippen LogP contribution in [0.3, 0.4) is 0 Å². The Morgan fingerprint density at radius 1 is 1.56 bits per heavy atom. The van der Waals surface area contributed by atoms with E-state index in [-0.39, 0.29) is 18.4 Å². The van der Waals surface area contributed by atoms with Crippen molar-refractivity contribution in [2.75, 3.05) is 19.7 Å². The summed E-state index contributed by atoms with van der Waals surface area (Å²) in [7, 11) is 0. The number of hydrogen-bond acceptors (Lipinski definition) is 2. The zero-order chi connectivity index (χ0) is 11.7. The second-order valence-electron chi connectivity index (χ2n) is 3.88. The van der Waals surface area contributed by atoms with Crippen LogP contribution in [-0.4, -0.2) is 35.6 Å². The second-order valence-corrected chi connectivity index (χ2v) is 5.17.